The molecule has 1 aliphatic heterocycles. The molecule has 1 atom stereocenters. The van der Waals surface area contributed by atoms with Gasteiger partial charge < -0.3 is 10.6 Å². The monoisotopic (exact) mass is 301 g/mol. The van der Waals surface area contributed by atoms with Crippen LogP contribution in [0.25, 0.3) is 0 Å². The molecule has 1 aromatic carbocycles. The van der Waals surface area contributed by atoms with Crippen LogP contribution >= 0.6 is 11.6 Å². The number of nitrogens with two attached hydrogens (primary N) is 1. The minimum absolute atomic E-state index is 0.0608. The lowest BCUT2D eigenvalue weighted by atomic mass is 10.0. The van der Waals surface area contributed by atoms with Gasteiger partial charge in [-0.05, 0) is 42.7 Å². The zero-order chi connectivity index (χ0) is 14.8. The molecule has 1 aromatic heterocycles. The maximum atomic E-state index is 12.8. The molecule has 2 N–H and O–H groups in total. The highest BCUT2D eigenvalue weighted by molar-refractivity contribution is 6.33. The Bertz CT molecular complexity index is 660. The van der Waals surface area contributed by atoms with Crippen molar-refractivity contribution >= 4 is 23.2 Å². The molecule has 1 amide bonds. The zero-order valence-electron chi connectivity index (χ0n) is 11.5. The quantitative estimate of drug-likeness (QED) is 0.866. The van der Waals surface area contributed by atoms with Gasteiger partial charge in [0.2, 0.25) is 0 Å². The number of hydrogen-bond donors (Lipinski definition) is 1. The molecule has 4 nitrogen and oxygen atoms in total. The van der Waals surface area contributed by atoms with Crippen molar-refractivity contribution in [3.63, 3.8) is 0 Å². The summed E-state index contributed by atoms with van der Waals surface area (Å²) in [4.78, 5) is 18.7. The molecule has 1 unspecified atom stereocenters. The van der Waals surface area contributed by atoms with E-state index in [1.165, 1.54) is 0 Å². The number of halogens is 1. The van der Waals surface area contributed by atoms with E-state index in [9.17, 15) is 4.79 Å². The van der Waals surface area contributed by atoms with Gasteiger partial charge in [0.25, 0.3) is 5.91 Å². The van der Waals surface area contributed by atoms with E-state index < -0.39 is 0 Å². The van der Waals surface area contributed by atoms with Crippen molar-refractivity contribution in [2.45, 2.75) is 18.9 Å². The van der Waals surface area contributed by atoms with Crippen LogP contribution in [-0.2, 0) is 0 Å². The topological polar surface area (TPSA) is 59.2 Å². The van der Waals surface area contributed by atoms with Crippen molar-refractivity contribution in [1.29, 1.82) is 0 Å². The van der Waals surface area contributed by atoms with E-state index in [-0.39, 0.29) is 11.9 Å². The summed E-state index contributed by atoms with van der Waals surface area (Å²) in [5.74, 6) is -0.0608. The first-order valence-electron chi connectivity index (χ1n) is 6.93. The van der Waals surface area contributed by atoms with Crippen LogP contribution in [0.3, 0.4) is 0 Å². The maximum absolute atomic E-state index is 12.8. The molecule has 3 rings (SSSR count). The largest absolute Gasteiger partial charge is 0.397 e. The van der Waals surface area contributed by atoms with E-state index in [1.54, 1.807) is 30.6 Å². The highest BCUT2D eigenvalue weighted by atomic mass is 35.5. The van der Waals surface area contributed by atoms with Gasteiger partial charge in [-0.2, -0.15) is 0 Å². The van der Waals surface area contributed by atoms with E-state index in [0.29, 0.717) is 16.3 Å². The van der Waals surface area contributed by atoms with E-state index in [1.807, 2.05) is 17.0 Å². The molecule has 2 heterocycles. The molecule has 0 bridgehead atoms. The number of nitrogens with zero attached hydrogens (tertiary/aromatic N) is 2. The van der Waals surface area contributed by atoms with Crippen LogP contribution in [0, 0.1) is 0 Å². The van der Waals surface area contributed by atoms with Crippen LogP contribution in [0.4, 0.5) is 5.69 Å². The van der Waals surface area contributed by atoms with Gasteiger partial charge in [-0.1, -0.05) is 17.7 Å². The standard InChI is InChI=1S/C16H16ClN3O/c17-13-4-1-3-12(15(13)18)16(21)20-10-2-5-14(20)11-6-8-19-9-7-11/h1,3-4,6-9,14H,2,5,10,18H2. The predicted molar refractivity (Wildman–Crippen MR) is 83.1 cm³/mol. The molecule has 2 aromatic rings. The number of rotatable bonds is 2. The molecule has 0 spiro atoms. The van der Waals surface area contributed by atoms with Gasteiger partial charge in [-0.25, -0.2) is 0 Å². The number of benzene rings is 1. The molecular weight excluding hydrogens is 286 g/mol. The van der Waals surface area contributed by atoms with Gasteiger partial charge in [-0.3, -0.25) is 9.78 Å². The summed E-state index contributed by atoms with van der Waals surface area (Å²) in [5, 5.41) is 0.417. The highest BCUT2D eigenvalue weighted by Gasteiger charge is 2.31. The minimum Gasteiger partial charge on any atom is -0.397 e. The Morgan fingerprint density at radius 1 is 1.29 bits per heavy atom. The molecule has 5 heteroatoms. The number of nitrogen functional groups attached to an aromatic ring is 1. The van der Waals surface area contributed by atoms with E-state index in [2.05, 4.69) is 4.98 Å². The summed E-state index contributed by atoms with van der Waals surface area (Å²) < 4.78 is 0. The summed E-state index contributed by atoms with van der Waals surface area (Å²) in [6, 6.07) is 9.17. The van der Waals surface area contributed by atoms with Crippen molar-refractivity contribution in [2.75, 3.05) is 12.3 Å². The van der Waals surface area contributed by atoms with Crippen LogP contribution in [0.1, 0.15) is 34.8 Å². The summed E-state index contributed by atoms with van der Waals surface area (Å²) in [6.07, 6.45) is 5.45. The Morgan fingerprint density at radius 2 is 2.05 bits per heavy atom. The van der Waals surface area contributed by atoms with E-state index in [0.717, 1.165) is 24.9 Å². The Morgan fingerprint density at radius 3 is 2.81 bits per heavy atom. The fraction of sp³-hybridized carbons (Fsp3) is 0.250. The number of hydrogen-bond acceptors (Lipinski definition) is 3. The Labute approximate surface area is 128 Å². The Balaban J connectivity index is 1.92. The highest BCUT2D eigenvalue weighted by Crippen LogP contribution is 2.34. The second-order valence-electron chi connectivity index (χ2n) is 5.14. The van der Waals surface area contributed by atoms with Gasteiger partial charge >= 0.3 is 0 Å². The smallest absolute Gasteiger partial charge is 0.256 e. The zero-order valence-corrected chi connectivity index (χ0v) is 12.3. The third-order valence-corrected chi connectivity index (χ3v) is 4.22. The fourth-order valence-corrected chi connectivity index (χ4v) is 2.99. The van der Waals surface area contributed by atoms with Crippen LogP contribution in [0.15, 0.2) is 42.7 Å². The first-order chi connectivity index (χ1) is 10.2. The van der Waals surface area contributed by atoms with Gasteiger partial charge in [0.1, 0.15) is 0 Å². The van der Waals surface area contributed by atoms with Gasteiger partial charge in [0.05, 0.1) is 22.3 Å². The van der Waals surface area contributed by atoms with Crippen molar-refractivity contribution in [3.8, 4) is 0 Å². The summed E-state index contributed by atoms with van der Waals surface area (Å²) >= 11 is 6.01. The number of amides is 1. The molecule has 108 valence electrons. The van der Waals surface area contributed by atoms with E-state index >= 15 is 0 Å². The minimum atomic E-state index is -0.0608. The molecule has 0 aliphatic carbocycles. The number of carbonyl (C=O) groups is 1. The number of aromatic nitrogens is 1. The molecule has 0 saturated carbocycles. The Hall–Kier alpha value is -2.07. The second-order valence-corrected chi connectivity index (χ2v) is 5.55. The average Bonchev–Trinajstić information content (AvgIpc) is 3.00. The summed E-state index contributed by atoms with van der Waals surface area (Å²) in [7, 11) is 0. The summed E-state index contributed by atoms with van der Waals surface area (Å²) in [6.45, 7) is 0.734. The van der Waals surface area contributed by atoms with Gasteiger partial charge in [-0.15, -0.1) is 0 Å². The number of pyridine rings is 1. The third-order valence-electron chi connectivity index (χ3n) is 3.89. The molecule has 21 heavy (non-hydrogen) atoms. The third kappa shape index (κ3) is 2.59. The summed E-state index contributed by atoms with van der Waals surface area (Å²) in [5.41, 5.74) is 7.88. The van der Waals surface area contributed by atoms with Crippen LogP contribution in [0.2, 0.25) is 5.02 Å². The van der Waals surface area contributed by atoms with Crippen molar-refractivity contribution in [2.24, 2.45) is 0 Å². The van der Waals surface area contributed by atoms with Gasteiger partial charge in [0.15, 0.2) is 0 Å². The lowest BCUT2D eigenvalue weighted by Gasteiger charge is -2.25. The average molecular weight is 302 g/mol. The fourth-order valence-electron chi connectivity index (χ4n) is 2.82. The molecule has 1 aliphatic rings. The SMILES string of the molecule is Nc1c(Cl)cccc1C(=O)N1CCCC1c1ccncc1. The predicted octanol–water partition coefficient (Wildman–Crippen LogP) is 3.29. The van der Waals surface area contributed by atoms with Crippen LogP contribution < -0.4 is 5.73 Å². The van der Waals surface area contributed by atoms with Crippen molar-refractivity contribution < 1.29 is 4.79 Å². The lowest BCUT2D eigenvalue weighted by molar-refractivity contribution is 0.0736. The first kappa shape index (κ1) is 13.9. The number of carbonyl (C=O) groups excluding carboxylic acids is 1. The molecular formula is C16H16ClN3O. The van der Waals surface area contributed by atoms with Crippen LogP contribution in [0.5, 0.6) is 0 Å². The number of likely N-dealkylation sites (tertiary alicyclic amines) is 1. The molecule has 1 saturated heterocycles. The number of anilines is 1. The maximum Gasteiger partial charge on any atom is 0.256 e. The lowest BCUT2D eigenvalue weighted by Crippen LogP contribution is -2.31. The van der Waals surface area contributed by atoms with Crippen molar-refractivity contribution in [3.05, 3.63) is 58.9 Å². The van der Waals surface area contributed by atoms with Gasteiger partial charge in [0, 0.05) is 18.9 Å². The van der Waals surface area contributed by atoms with E-state index in [4.69, 9.17) is 17.3 Å². The Kier molecular flexibility index (Phi) is 3.80. The second kappa shape index (κ2) is 5.74. The van der Waals surface area contributed by atoms with Crippen LogP contribution in [-0.4, -0.2) is 22.3 Å². The normalized spacial score (nSPS) is 18.0. The molecule has 0 radical (unpaired) electrons. The van der Waals surface area contributed by atoms with Crippen molar-refractivity contribution in [1.82, 2.24) is 9.88 Å². The number of para-hydroxylation sites is 1. The molecule has 1 fully saturated rings. The first-order valence-corrected chi connectivity index (χ1v) is 7.31.